The molecule has 0 bridgehead atoms. The highest BCUT2D eigenvalue weighted by molar-refractivity contribution is 5.73. The summed E-state index contributed by atoms with van der Waals surface area (Å²) < 4.78 is 10.7. The van der Waals surface area contributed by atoms with Crippen molar-refractivity contribution in [2.24, 2.45) is 5.92 Å². The molecule has 0 spiro atoms. The second-order valence-corrected chi connectivity index (χ2v) is 4.88. The summed E-state index contributed by atoms with van der Waals surface area (Å²) in [4.78, 5) is 11.6. The molecule has 0 unspecified atom stereocenters. The molecule has 1 heterocycles. The number of rotatable bonds is 6. The van der Waals surface area contributed by atoms with Crippen molar-refractivity contribution >= 4 is 6.03 Å². The summed E-state index contributed by atoms with van der Waals surface area (Å²) in [6.45, 7) is 2.41. The van der Waals surface area contributed by atoms with Gasteiger partial charge in [-0.05, 0) is 12.0 Å². The Balaban J connectivity index is 1.79. The van der Waals surface area contributed by atoms with Gasteiger partial charge in [0.15, 0.2) is 0 Å². The minimum absolute atomic E-state index is 0.0791. The van der Waals surface area contributed by atoms with Crippen LogP contribution in [0.2, 0.25) is 0 Å². The smallest absolute Gasteiger partial charge is 0.314 e. The molecule has 1 aromatic carbocycles. The molecule has 0 saturated carbocycles. The van der Waals surface area contributed by atoms with Gasteiger partial charge in [0.1, 0.15) is 0 Å². The third-order valence-electron chi connectivity index (χ3n) is 3.46. The molecule has 20 heavy (non-hydrogen) atoms. The van der Waals surface area contributed by atoms with Crippen molar-refractivity contribution in [3.05, 3.63) is 35.9 Å². The van der Waals surface area contributed by atoms with Gasteiger partial charge in [0.25, 0.3) is 0 Å². The van der Waals surface area contributed by atoms with E-state index < -0.39 is 0 Å². The van der Waals surface area contributed by atoms with E-state index in [0.29, 0.717) is 25.6 Å². The zero-order chi connectivity index (χ0) is 14.2. The predicted octanol–water partition coefficient (Wildman–Crippen LogP) is 1.71. The maximum atomic E-state index is 11.6. The Morgan fingerprint density at radius 1 is 1.35 bits per heavy atom. The molecular formula is C15H22N2O3. The molecule has 1 aromatic rings. The molecule has 1 aliphatic rings. The molecular weight excluding hydrogens is 256 g/mol. The normalized spacial score (nSPS) is 21.6. The van der Waals surface area contributed by atoms with E-state index in [1.165, 1.54) is 5.56 Å². The van der Waals surface area contributed by atoms with Crippen molar-refractivity contribution in [2.45, 2.75) is 12.5 Å². The highest BCUT2D eigenvalue weighted by Gasteiger charge is 2.29. The fourth-order valence-corrected chi connectivity index (χ4v) is 2.41. The molecule has 1 fully saturated rings. The van der Waals surface area contributed by atoms with Crippen LogP contribution in [0.25, 0.3) is 0 Å². The first kappa shape index (κ1) is 14.8. The molecule has 2 rings (SSSR count). The SMILES string of the molecule is COCCNC(=O)NC[C@H]1CCO[C@@H]1c1ccccc1. The summed E-state index contributed by atoms with van der Waals surface area (Å²) in [5.41, 5.74) is 1.18. The number of nitrogens with one attached hydrogen (secondary N) is 2. The van der Waals surface area contributed by atoms with E-state index in [4.69, 9.17) is 9.47 Å². The molecule has 0 aromatic heterocycles. The van der Waals surface area contributed by atoms with Gasteiger partial charge in [0.2, 0.25) is 0 Å². The summed E-state index contributed by atoms with van der Waals surface area (Å²) in [7, 11) is 1.61. The van der Waals surface area contributed by atoms with Gasteiger partial charge >= 0.3 is 6.03 Å². The lowest BCUT2D eigenvalue weighted by molar-refractivity contribution is 0.0909. The first-order valence-electron chi connectivity index (χ1n) is 6.98. The number of carbonyl (C=O) groups is 1. The molecule has 0 aliphatic carbocycles. The lowest BCUT2D eigenvalue weighted by Crippen LogP contribution is -2.40. The maximum absolute atomic E-state index is 11.6. The molecule has 1 aliphatic heterocycles. The van der Waals surface area contributed by atoms with Crippen LogP contribution >= 0.6 is 0 Å². The number of methoxy groups -OCH3 is 1. The Morgan fingerprint density at radius 3 is 2.90 bits per heavy atom. The van der Waals surface area contributed by atoms with Crippen molar-refractivity contribution in [3.63, 3.8) is 0 Å². The van der Waals surface area contributed by atoms with E-state index in [9.17, 15) is 4.79 Å². The van der Waals surface area contributed by atoms with Crippen LogP contribution in [0, 0.1) is 5.92 Å². The standard InChI is InChI=1S/C15H22N2O3/c1-19-10-8-16-15(18)17-11-13-7-9-20-14(13)12-5-3-2-4-6-12/h2-6,13-14H,7-11H2,1H3,(H2,16,17,18)/t13-,14-/m1/s1. The van der Waals surface area contributed by atoms with Crippen molar-refractivity contribution in [1.82, 2.24) is 10.6 Å². The Hall–Kier alpha value is -1.59. The monoisotopic (exact) mass is 278 g/mol. The summed E-state index contributed by atoms with van der Waals surface area (Å²) >= 11 is 0. The van der Waals surface area contributed by atoms with Crippen LogP contribution in [-0.2, 0) is 9.47 Å². The van der Waals surface area contributed by atoms with E-state index in [1.54, 1.807) is 7.11 Å². The Kier molecular flexibility index (Phi) is 5.83. The molecule has 5 heteroatoms. The molecule has 2 atom stereocenters. The molecule has 0 radical (unpaired) electrons. The topological polar surface area (TPSA) is 59.6 Å². The number of amides is 2. The predicted molar refractivity (Wildman–Crippen MR) is 76.5 cm³/mol. The summed E-state index contributed by atoms with van der Waals surface area (Å²) in [5, 5.41) is 5.64. The van der Waals surface area contributed by atoms with Crippen LogP contribution < -0.4 is 10.6 Å². The van der Waals surface area contributed by atoms with E-state index in [0.717, 1.165) is 13.0 Å². The molecule has 1 saturated heterocycles. The van der Waals surface area contributed by atoms with Gasteiger partial charge in [-0.1, -0.05) is 30.3 Å². The van der Waals surface area contributed by atoms with Gasteiger partial charge in [0.05, 0.1) is 12.7 Å². The summed E-state index contributed by atoms with van der Waals surface area (Å²) in [5.74, 6) is 0.325. The lowest BCUT2D eigenvalue weighted by atomic mass is 9.95. The number of ether oxygens (including phenoxy) is 2. The Bertz CT molecular complexity index is 411. The summed E-state index contributed by atoms with van der Waals surface area (Å²) in [6.07, 6.45) is 1.05. The largest absolute Gasteiger partial charge is 0.383 e. The van der Waals surface area contributed by atoms with E-state index in [1.807, 2.05) is 18.2 Å². The van der Waals surface area contributed by atoms with Crippen molar-refractivity contribution in [2.75, 3.05) is 33.4 Å². The number of urea groups is 1. The molecule has 110 valence electrons. The van der Waals surface area contributed by atoms with Gasteiger partial charge in [-0.2, -0.15) is 0 Å². The zero-order valence-corrected chi connectivity index (χ0v) is 11.8. The number of carbonyl (C=O) groups excluding carboxylic acids is 1. The van der Waals surface area contributed by atoms with Crippen LogP contribution in [0.4, 0.5) is 4.79 Å². The Labute approximate surface area is 119 Å². The number of benzene rings is 1. The minimum Gasteiger partial charge on any atom is -0.383 e. The van der Waals surface area contributed by atoms with Gasteiger partial charge in [0, 0.05) is 32.7 Å². The highest BCUT2D eigenvalue weighted by Crippen LogP contribution is 2.33. The number of hydrogen-bond donors (Lipinski definition) is 2. The van der Waals surface area contributed by atoms with Crippen LogP contribution in [-0.4, -0.2) is 39.4 Å². The lowest BCUT2D eigenvalue weighted by Gasteiger charge is -2.19. The van der Waals surface area contributed by atoms with Gasteiger partial charge in [-0.3, -0.25) is 0 Å². The van der Waals surface area contributed by atoms with Crippen LogP contribution in [0.5, 0.6) is 0 Å². The fraction of sp³-hybridized carbons (Fsp3) is 0.533. The quantitative estimate of drug-likeness (QED) is 0.779. The minimum atomic E-state index is -0.152. The van der Waals surface area contributed by atoms with E-state index >= 15 is 0 Å². The van der Waals surface area contributed by atoms with Crippen molar-refractivity contribution < 1.29 is 14.3 Å². The number of hydrogen-bond acceptors (Lipinski definition) is 3. The Morgan fingerprint density at radius 2 is 2.15 bits per heavy atom. The van der Waals surface area contributed by atoms with E-state index in [-0.39, 0.29) is 12.1 Å². The van der Waals surface area contributed by atoms with Crippen LogP contribution in [0.15, 0.2) is 30.3 Å². The van der Waals surface area contributed by atoms with Gasteiger partial charge in [-0.15, -0.1) is 0 Å². The maximum Gasteiger partial charge on any atom is 0.314 e. The first-order valence-corrected chi connectivity index (χ1v) is 6.98. The third kappa shape index (κ3) is 4.21. The van der Waals surface area contributed by atoms with Crippen molar-refractivity contribution in [3.8, 4) is 0 Å². The molecule has 5 nitrogen and oxygen atoms in total. The van der Waals surface area contributed by atoms with Crippen molar-refractivity contribution in [1.29, 1.82) is 0 Å². The van der Waals surface area contributed by atoms with Gasteiger partial charge in [-0.25, -0.2) is 4.79 Å². The first-order chi connectivity index (χ1) is 9.81. The second kappa shape index (κ2) is 7.87. The second-order valence-electron chi connectivity index (χ2n) is 4.88. The average molecular weight is 278 g/mol. The van der Waals surface area contributed by atoms with Crippen LogP contribution in [0.3, 0.4) is 0 Å². The zero-order valence-electron chi connectivity index (χ0n) is 11.8. The third-order valence-corrected chi connectivity index (χ3v) is 3.46. The van der Waals surface area contributed by atoms with E-state index in [2.05, 4.69) is 22.8 Å². The average Bonchev–Trinajstić information content (AvgIpc) is 2.95. The highest BCUT2D eigenvalue weighted by atomic mass is 16.5. The molecule has 2 amide bonds. The molecule has 2 N–H and O–H groups in total. The fourth-order valence-electron chi connectivity index (χ4n) is 2.41. The summed E-state index contributed by atoms with van der Waals surface area (Å²) in [6, 6.07) is 10.0. The van der Waals surface area contributed by atoms with Gasteiger partial charge < -0.3 is 20.1 Å². The van der Waals surface area contributed by atoms with Crippen LogP contribution in [0.1, 0.15) is 18.1 Å².